The van der Waals surface area contributed by atoms with E-state index in [0.717, 1.165) is 30.8 Å². The van der Waals surface area contributed by atoms with E-state index < -0.39 is 0 Å². The molecule has 2 N–H and O–H groups in total. The van der Waals surface area contributed by atoms with Crippen molar-refractivity contribution >= 4 is 0 Å². The van der Waals surface area contributed by atoms with Crippen molar-refractivity contribution in [2.45, 2.75) is 19.5 Å². The van der Waals surface area contributed by atoms with Gasteiger partial charge in [0.1, 0.15) is 5.75 Å². The monoisotopic (exact) mass is 284 g/mol. The number of nitrogens with two attached hydrogens (primary N) is 1. The molecule has 0 radical (unpaired) electrons. The molecule has 0 saturated carbocycles. The summed E-state index contributed by atoms with van der Waals surface area (Å²) < 4.78 is 5.39. The third-order valence-electron chi connectivity index (χ3n) is 3.65. The normalized spacial score (nSPS) is 10.9. The number of likely N-dealkylation sites (N-methyl/N-ethyl adjacent to an activating group) is 1. The number of methoxy groups -OCH3 is 1. The van der Waals surface area contributed by atoms with Gasteiger partial charge >= 0.3 is 0 Å². The minimum atomic E-state index is 0.507. The number of hydrogen-bond acceptors (Lipinski definition) is 3. The average Bonchev–Trinajstić information content (AvgIpc) is 2.53. The first kappa shape index (κ1) is 15.5. The van der Waals surface area contributed by atoms with Crippen LogP contribution in [0, 0.1) is 0 Å². The zero-order valence-corrected chi connectivity index (χ0v) is 12.9. The summed E-state index contributed by atoms with van der Waals surface area (Å²) in [5.41, 5.74) is 9.37. The lowest BCUT2D eigenvalue weighted by molar-refractivity contribution is 0.330. The van der Waals surface area contributed by atoms with Gasteiger partial charge in [0.05, 0.1) is 7.11 Å². The smallest absolute Gasteiger partial charge is 0.123 e. The molecule has 3 nitrogen and oxygen atoms in total. The third kappa shape index (κ3) is 4.59. The molecular weight excluding hydrogens is 260 g/mol. The van der Waals surface area contributed by atoms with Crippen LogP contribution in [0.25, 0.3) is 0 Å². The molecule has 0 saturated heterocycles. The van der Waals surface area contributed by atoms with E-state index in [4.69, 9.17) is 10.5 Å². The van der Waals surface area contributed by atoms with Crippen LogP contribution >= 0.6 is 0 Å². The van der Waals surface area contributed by atoms with Gasteiger partial charge in [-0.1, -0.05) is 42.5 Å². The van der Waals surface area contributed by atoms with E-state index in [1.165, 1.54) is 11.1 Å². The van der Waals surface area contributed by atoms with Gasteiger partial charge < -0.3 is 15.4 Å². The molecule has 2 aromatic carbocycles. The second kappa shape index (κ2) is 7.81. The molecule has 0 aliphatic rings. The van der Waals surface area contributed by atoms with Crippen LogP contribution in [0.4, 0.5) is 0 Å². The highest BCUT2D eigenvalue weighted by Gasteiger charge is 2.05. The molecule has 0 aromatic heterocycles. The number of ether oxygens (including phenoxy) is 1. The van der Waals surface area contributed by atoms with Crippen molar-refractivity contribution in [3.05, 3.63) is 65.2 Å². The van der Waals surface area contributed by atoms with E-state index in [1.54, 1.807) is 7.11 Å². The summed E-state index contributed by atoms with van der Waals surface area (Å²) in [5.74, 6) is 0.881. The Morgan fingerprint density at radius 1 is 1.05 bits per heavy atom. The second-order valence-corrected chi connectivity index (χ2v) is 5.32. The predicted octanol–water partition coefficient (Wildman–Crippen LogP) is 2.83. The first-order chi connectivity index (χ1) is 10.2. The quantitative estimate of drug-likeness (QED) is 0.849. The van der Waals surface area contributed by atoms with E-state index in [0.29, 0.717) is 6.54 Å². The highest BCUT2D eigenvalue weighted by atomic mass is 16.5. The third-order valence-corrected chi connectivity index (χ3v) is 3.65. The molecule has 3 heteroatoms. The Morgan fingerprint density at radius 3 is 2.48 bits per heavy atom. The standard InChI is InChI=1S/C18H24N2O/c1-20(11-10-15-6-4-3-5-7-15)14-16-8-9-17(13-19)18(12-16)21-2/h3-9,12H,10-11,13-14,19H2,1-2H3. The SMILES string of the molecule is COc1cc(CN(C)CCc2ccccc2)ccc1CN. The molecule has 0 unspecified atom stereocenters. The summed E-state index contributed by atoms with van der Waals surface area (Å²) in [4.78, 5) is 2.32. The molecule has 2 rings (SSSR count). The van der Waals surface area contributed by atoms with Gasteiger partial charge in [-0.25, -0.2) is 0 Å². The Bertz CT molecular complexity index is 554. The first-order valence-corrected chi connectivity index (χ1v) is 7.31. The molecule has 0 aliphatic heterocycles. The van der Waals surface area contributed by atoms with Crippen molar-refractivity contribution in [1.82, 2.24) is 4.90 Å². The van der Waals surface area contributed by atoms with Crippen molar-refractivity contribution in [1.29, 1.82) is 0 Å². The lowest BCUT2D eigenvalue weighted by Crippen LogP contribution is -2.20. The van der Waals surface area contributed by atoms with Crippen LogP contribution < -0.4 is 10.5 Å². The topological polar surface area (TPSA) is 38.5 Å². The number of hydrogen-bond donors (Lipinski definition) is 1. The van der Waals surface area contributed by atoms with Crippen LogP contribution in [0.15, 0.2) is 48.5 Å². The molecule has 21 heavy (non-hydrogen) atoms. The summed E-state index contributed by atoms with van der Waals surface area (Å²) in [5, 5.41) is 0. The van der Waals surface area contributed by atoms with E-state index >= 15 is 0 Å². The van der Waals surface area contributed by atoms with Crippen molar-refractivity contribution in [3.8, 4) is 5.75 Å². The van der Waals surface area contributed by atoms with Crippen molar-refractivity contribution < 1.29 is 4.74 Å². The maximum Gasteiger partial charge on any atom is 0.123 e. The van der Waals surface area contributed by atoms with Gasteiger partial charge in [0.15, 0.2) is 0 Å². The fourth-order valence-electron chi connectivity index (χ4n) is 2.41. The van der Waals surface area contributed by atoms with Crippen molar-refractivity contribution in [2.75, 3.05) is 20.7 Å². The zero-order valence-electron chi connectivity index (χ0n) is 12.9. The molecule has 0 bridgehead atoms. The summed E-state index contributed by atoms with van der Waals surface area (Å²) in [6.45, 7) is 2.45. The van der Waals surface area contributed by atoms with Gasteiger partial charge in [0.25, 0.3) is 0 Å². The molecule has 0 fully saturated rings. The highest BCUT2D eigenvalue weighted by molar-refractivity contribution is 5.37. The van der Waals surface area contributed by atoms with Crippen LogP contribution in [0.1, 0.15) is 16.7 Å². The van der Waals surface area contributed by atoms with Crippen molar-refractivity contribution in [3.63, 3.8) is 0 Å². The van der Waals surface area contributed by atoms with Gasteiger partial charge in [0, 0.05) is 25.2 Å². The van der Waals surface area contributed by atoms with Crippen LogP contribution in [-0.2, 0) is 19.5 Å². The number of benzene rings is 2. The summed E-state index contributed by atoms with van der Waals surface area (Å²) >= 11 is 0. The van der Waals surface area contributed by atoms with Crippen LogP contribution in [0.2, 0.25) is 0 Å². The summed E-state index contributed by atoms with van der Waals surface area (Å²) in [6.07, 6.45) is 1.06. The van der Waals surface area contributed by atoms with E-state index in [2.05, 4.69) is 60.5 Å². The molecule has 2 aromatic rings. The lowest BCUT2D eigenvalue weighted by Gasteiger charge is -2.18. The second-order valence-electron chi connectivity index (χ2n) is 5.32. The maximum atomic E-state index is 5.70. The van der Waals surface area contributed by atoms with Gasteiger partial charge in [-0.2, -0.15) is 0 Å². The lowest BCUT2D eigenvalue weighted by atomic mass is 10.1. The summed E-state index contributed by atoms with van der Waals surface area (Å²) in [6, 6.07) is 16.8. The molecule has 0 spiro atoms. The van der Waals surface area contributed by atoms with Gasteiger partial charge in [-0.3, -0.25) is 0 Å². The van der Waals surface area contributed by atoms with Crippen LogP contribution in [0.5, 0.6) is 5.75 Å². The van der Waals surface area contributed by atoms with Crippen LogP contribution in [-0.4, -0.2) is 25.6 Å². The Morgan fingerprint density at radius 2 is 1.81 bits per heavy atom. The highest BCUT2D eigenvalue weighted by Crippen LogP contribution is 2.20. The number of rotatable bonds is 7. The average molecular weight is 284 g/mol. The summed E-state index contributed by atoms with van der Waals surface area (Å²) in [7, 11) is 3.84. The van der Waals surface area contributed by atoms with Gasteiger partial charge in [0.2, 0.25) is 0 Å². The minimum Gasteiger partial charge on any atom is -0.496 e. The Labute approximate surface area is 127 Å². The Hall–Kier alpha value is -1.84. The molecule has 0 atom stereocenters. The molecule has 0 amide bonds. The predicted molar refractivity (Wildman–Crippen MR) is 87.4 cm³/mol. The zero-order chi connectivity index (χ0) is 15.1. The molecular formula is C18H24N2O. The van der Waals surface area contributed by atoms with Gasteiger partial charge in [-0.05, 0) is 30.7 Å². The van der Waals surface area contributed by atoms with E-state index in [1.807, 2.05) is 0 Å². The molecule has 0 heterocycles. The number of nitrogens with zero attached hydrogens (tertiary/aromatic N) is 1. The Kier molecular flexibility index (Phi) is 5.78. The van der Waals surface area contributed by atoms with E-state index in [-0.39, 0.29) is 0 Å². The fraction of sp³-hybridized carbons (Fsp3) is 0.333. The van der Waals surface area contributed by atoms with Gasteiger partial charge in [-0.15, -0.1) is 0 Å². The maximum absolute atomic E-state index is 5.70. The first-order valence-electron chi connectivity index (χ1n) is 7.31. The minimum absolute atomic E-state index is 0.507. The van der Waals surface area contributed by atoms with Crippen LogP contribution in [0.3, 0.4) is 0 Å². The van der Waals surface area contributed by atoms with Crippen molar-refractivity contribution in [2.24, 2.45) is 5.73 Å². The fourth-order valence-corrected chi connectivity index (χ4v) is 2.41. The largest absolute Gasteiger partial charge is 0.496 e. The van der Waals surface area contributed by atoms with E-state index in [9.17, 15) is 0 Å². The molecule has 112 valence electrons. The molecule has 0 aliphatic carbocycles. The Balaban J connectivity index is 1.91.